The Bertz CT molecular complexity index is 886. The standard InChI is InChI=1S/C16H15N5O2/c1-10-8-11(2)21-14(18-10)13(9-17-21)16(23)20-19-15(22)12-6-4-3-5-7-12/h3-9H,1-2H3,(H,19,22)(H,20,23). The molecule has 0 aliphatic heterocycles. The van der Waals surface area contributed by atoms with Gasteiger partial charge in [-0.25, -0.2) is 9.50 Å². The van der Waals surface area contributed by atoms with Crippen molar-refractivity contribution < 1.29 is 9.59 Å². The minimum Gasteiger partial charge on any atom is -0.267 e. The van der Waals surface area contributed by atoms with Gasteiger partial charge in [0.1, 0.15) is 5.56 Å². The zero-order valence-corrected chi connectivity index (χ0v) is 12.7. The van der Waals surface area contributed by atoms with Gasteiger partial charge in [-0.2, -0.15) is 5.10 Å². The molecule has 2 aromatic heterocycles. The number of hydrogen-bond acceptors (Lipinski definition) is 4. The van der Waals surface area contributed by atoms with Crippen LogP contribution in [0.2, 0.25) is 0 Å². The van der Waals surface area contributed by atoms with Crippen molar-refractivity contribution in [2.45, 2.75) is 13.8 Å². The monoisotopic (exact) mass is 309 g/mol. The Kier molecular flexibility index (Phi) is 3.76. The van der Waals surface area contributed by atoms with Crippen molar-refractivity contribution in [1.29, 1.82) is 0 Å². The van der Waals surface area contributed by atoms with Gasteiger partial charge in [0, 0.05) is 17.0 Å². The van der Waals surface area contributed by atoms with E-state index in [1.165, 1.54) is 6.20 Å². The fourth-order valence-corrected chi connectivity index (χ4v) is 2.27. The molecule has 0 spiro atoms. The summed E-state index contributed by atoms with van der Waals surface area (Å²) in [6.07, 6.45) is 1.43. The van der Waals surface area contributed by atoms with Gasteiger partial charge in [-0.1, -0.05) is 18.2 Å². The van der Waals surface area contributed by atoms with E-state index in [-0.39, 0.29) is 0 Å². The van der Waals surface area contributed by atoms with E-state index in [0.29, 0.717) is 16.8 Å². The first-order valence-corrected chi connectivity index (χ1v) is 7.04. The highest BCUT2D eigenvalue weighted by Crippen LogP contribution is 2.11. The van der Waals surface area contributed by atoms with Crippen LogP contribution in [0.15, 0.2) is 42.6 Å². The van der Waals surface area contributed by atoms with Crippen LogP contribution in [0.5, 0.6) is 0 Å². The highest BCUT2D eigenvalue weighted by Gasteiger charge is 2.16. The number of rotatable bonds is 2. The van der Waals surface area contributed by atoms with Crippen molar-refractivity contribution in [3.05, 3.63) is 65.1 Å². The highest BCUT2D eigenvalue weighted by molar-refractivity contribution is 6.02. The van der Waals surface area contributed by atoms with Gasteiger partial charge in [0.25, 0.3) is 11.8 Å². The number of aryl methyl sites for hydroxylation is 2. The van der Waals surface area contributed by atoms with Gasteiger partial charge in [0.2, 0.25) is 0 Å². The lowest BCUT2D eigenvalue weighted by atomic mass is 10.2. The summed E-state index contributed by atoms with van der Waals surface area (Å²) in [4.78, 5) is 28.5. The predicted molar refractivity (Wildman–Crippen MR) is 83.8 cm³/mol. The Morgan fingerprint density at radius 2 is 1.74 bits per heavy atom. The topological polar surface area (TPSA) is 88.4 Å². The summed E-state index contributed by atoms with van der Waals surface area (Å²) >= 11 is 0. The number of carbonyl (C=O) groups is 2. The molecule has 23 heavy (non-hydrogen) atoms. The van der Waals surface area contributed by atoms with Crippen molar-refractivity contribution >= 4 is 17.5 Å². The van der Waals surface area contributed by atoms with Crippen LogP contribution in [0.25, 0.3) is 5.65 Å². The highest BCUT2D eigenvalue weighted by atomic mass is 16.2. The average molecular weight is 309 g/mol. The Morgan fingerprint density at radius 1 is 1.04 bits per heavy atom. The largest absolute Gasteiger partial charge is 0.275 e. The van der Waals surface area contributed by atoms with Gasteiger partial charge in [0.05, 0.1) is 6.20 Å². The number of fused-ring (bicyclic) bond motifs is 1. The van der Waals surface area contributed by atoms with Gasteiger partial charge < -0.3 is 0 Å². The van der Waals surface area contributed by atoms with E-state index in [4.69, 9.17) is 0 Å². The summed E-state index contributed by atoms with van der Waals surface area (Å²) in [5, 5.41) is 4.15. The fraction of sp³-hybridized carbons (Fsp3) is 0.125. The molecular formula is C16H15N5O2. The Labute approximate surface area is 132 Å². The molecule has 2 amide bonds. The van der Waals surface area contributed by atoms with Gasteiger partial charge in [-0.15, -0.1) is 0 Å². The normalized spacial score (nSPS) is 10.5. The zero-order chi connectivity index (χ0) is 16.4. The first kappa shape index (κ1) is 14.7. The lowest BCUT2D eigenvalue weighted by Crippen LogP contribution is -2.41. The van der Waals surface area contributed by atoms with Crippen molar-refractivity contribution in [1.82, 2.24) is 25.4 Å². The molecule has 116 valence electrons. The second kappa shape index (κ2) is 5.88. The zero-order valence-electron chi connectivity index (χ0n) is 12.7. The molecule has 3 rings (SSSR count). The first-order chi connectivity index (χ1) is 11.1. The molecule has 2 N–H and O–H groups in total. The van der Waals surface area contributed by atoms with Crippen LogP contribution in [0.4, 0.5) is 0 Å². The first-order valence-electron chi connectivity index (χ1n) is 7.04. The Morgan fingerprint density at radius 3 is 2.48 bits per heavy atom. The van der Waals surface area contributed by atoms with E-state index in [1.54, 1.807) is 28.8 Å². The smallest absolute Gasteiger partial charge is 0.267 e. The molecular weight excluding hydrogens is 294 g/mol. The van der Waals surface area contributed by atoms with Crippen molar-refractivity contribution in [3.8, 4) is 0 Å². The maximum absolute atomic E-state index is 12.3. The SMILES string of the molecule is Cc1cc(C)n2ncc(C(=O)NNC(=O)c3ccccc3)c2n1. The molecule has 7 heteroatoms. The van der Waals surface area contributed by atoms with Crippen molar-refractivity contribution in [2.24, 2.45) is 0 Å². The maximum Gasteiger partial charge on any atom is 0.275 e. The Hall–Kier alpha value is -3.22. The van der Waals surface area contributed by atoms with Gasteiger partial charge in [0.15, 0.2) is 5.65 Å². The quantitative estimate of drug-likeness (QED) is 0.701. The molecule has 7 nitrogen and oxygen atoms in total. The Balaban J connectivity index is 1.78. The second-order valence-electron chi connectivity index (χ2n) is 5.11. The number of aromatic nitrogens is 3. The summed E-state index contributed by atoms with van der Waals surface area (Å²) < 4.78 is 1.58. The second-order valence-corrected chi connectivity index (χ2v) is 5.11. The fourth-order valence-electron chi connectivity index (χ4n) is 2.27. The van der Waals surface area contributed by atoms with Crippen LogP contribution in [0.1, 0.15) is 32.1 Å². The molecule has 0 aliphatic carbocycles. The van der Waals surface area contributed by atoms with Crippen molar-refractivity contribution in [3.63, 3.8) is 0 Å². The van der Waals surface area contributed by atoms with Crippen LogP contribution in [0, 0.1) is 13.8 Å². The molecule has 0 aliphatic rings. The summed E-state index contributed by atoms with van der Waals surface area (Å²) in [6, 6.07) is 10.5. The van der Waals surface area contributed by atoms with E-state index >= 15 is 0 Å². The number of hydrogen-bond donors (Lipinski definition) is 2. The molecule has 0 saturated heterocycles. The molecule has 1 aromatic carbocycles. The van der Waals surface area contributed by atoms with Gasteiger partial charge in [-0.3, -0.25) is 20.4 Å². The number of nitrogens with one attached hydrogen (secondary N) is 2. The number of amides is 2. The number of benzene rings is 1. The average Bonchev–Trinajstić information content (AvgIpc) is 2.97. The molecule has 0 atom stereocenters. The molecule has 0 bridgehead atoms. The van der Waals surface area contributed by atoms with Gasteiger partial charge in [-0.05, 0) is 32.0 Å². The minimum absolute atomic E-state index is 0.296. The van der Waals surface area contributed by atoms with Crippen LogP contribution < -0.4 is 10.9 Å². The number of nitrogens with zero attached hydrogens (tertiary/aromatic N) is 3. The lowest BCUT2D eigenvalue weighted by Gasteiger charge is -2.07. The third-order valence-corrected chi connectivity index (χ3v) is 3.35. The van der Waals surface area contributed by atoms with E-state index in [0.717, 1.165) is 11.4 Å². The molecule has 3 aromatic rings. The number of carbonyl (C=O) groups excluding carboxylic acids is 2. The summed E-state index contributed by atoms with van der Waals surface area (Å²) in [7, 11) is 0. The summed E-state index contributed by atoms with van der Waals surface area (Å²) in [6.45, 7) is 3.73. The molecule has 0 fully saturated rings. The van der Waals surface area contributed by atoms with Crippen LogP contribution in [0.3, 0.4) is 0 Å². The van der Waals surface area contributed by atoms with E-state index in [1.807, 2.05) is 26.0 Å². The van der Waals surface area contributed by atoms with Crippen LogP contribution in [-0.2, 0) is 0 Å². The molecule has 0 unspecified atom stereocenters. The van der Waals surface area contributed by atoms with Crippen LogP contribution in [-0.4, -0.2) is 26.4 Å². The third kappa shape index (κ3) is 2.89. The van der Waals surface area contributed by atoms with Crippen molar-refractivity contribution in [2.75, 3.05) is 0 Å². The van der Waals surface area contributed by atoms with E-state index in [9.17, 15) is 9.59 Å². The maximum atomic E-state index is 12.3. The number of hydrazine groups is 1. The van der Waals surface area contributed by atoms with Crippen LogP contribution >= 0.6 is 0 Å². The van der Waals surface area contributed by atoms with E-state index < -0.39 is 11.8 Å². The lowest BCUT2D eigenvalue weighted by molar-refractivity contribution is 0.0847. The van der Waals surface area contributed by atoms with E-state index in [2.05, 4.69) is 20.9 Å². The van der Waals surface area contributed by atoms with Gasteiger partial charge >= 0.3 is 0 Å². The molecule has 0 saturated carbocycles. The summed E-state index contributed by atoms with van der Waals surface area (Å²) in [5.74, 6) is -0.863. The molecule has 2 heterocycles. The summed E-state index contributed by atoms with van der Waals surface area (Å²) in [5.41, 5.74) is 7.63. The minimum atomic E-state index is -0.471. The predicted octanol–water partition coefficient (Wildman–Crippen LogP) is 1.42. The molecule has 0 radical (unpaired) electrons. The third-order valence-electron chi connectivity index (χ3n) is 3.35.